The van der Waals surface area contributed by atoms with Crippen molar-refractivity contribution in [3.63, 3.8) is 0 Å². The zero-order chi connectivity index (χ0) is 21.2. The Morgan fingerprint density at radius 3 is 2.26 bits per heavy atom. The molecular weight excluding hydrogens is 394 g/mol. The fourth-order valence-corrected chi connectivity index (χ4v) is 6.83. The molecular formula is C24H33N3O4. The van der Waals surface area contributed by atoms with Gasteiger partial charge in [0.05, 0.1) is 17.9 Å². The van der Waals surface area contributed by atoms with E-state index in [-0.39, 0.29) is 35.8 Å². The van der Waals surface area contributed by atoms with Gasteiger partial charge in [-0.05, 0) is 38.5 Å². The van der Waals surface area contributed by atoms with E-state index in [4.69, 9.17) is 4.74 Å². The summed E-state index contributed by atoms with van der Waals surface area (Å²) >= 11 is 0. The molecule has 0 aromatic heterocycles. The first-order valence-electron chi connectivity index (χ1n) is 12.4. The number of likely N-dealkylation sites (tertiary alicyclic amines) is 1. The molecule has 2 saturated heterocycles. The number of nitrogens with one attached hydrogen (secondary N) is 2. The number of nitrogens with zero attached hydrogens (tertiary/aromatic N) is 1. The zero-order valence-electron chi connectivity index (χ0n) is 18.1. The number of amides is 3. The van der Waals surface area contributed by atoms with Gasteiger partial charge in [0, 0.05) is 18.1 Å². The second-order valence-corrected chi connectivity index (χ2v) is 10.5. The predicted molar refractivity (Wildman–Crippen MR) is 113 cm³/mol. The molecule has 0 unspecified atom stereocenters. The molecule has 2 N–H and O–H groups in total. The van der Waals surface area contributed by atoms with Crippen LogP contribution in [0.15, 0.2) is 12.2 Å². The number of hydrogen-bond donors (Lipinski definition) is 2. The van der Waals surface area contributed by atoms with Crippen LogP contribution in [0.4, 0.5) is 0 Å². The van der Waals surface area contributed by atoms with Crippen molar-refractivity contribution in [2.75, 3.05) is 0 Å². The van der Waals surface area contributed by atoms with Gasteiger partial charge < -0.3 is 20.3 Å². The average Bonchev–Trinajstić information content (AvgIpc) is 3.14. The second kappa shape index (κ2) is 7.32. The lowest BCUT2D eigenvalue weighted by Gasteiger charge is -2.36. The van der Waals surface area contributed by atoms with Crippen molar-refractivity contribution < 1.29 is 19.1 Å². The molecule has 7 nitrogen and oxygen atoms in total. The lowest BCUT2D eigenvalue weighted by Crippen LogP contribution is -2.58. The second-order valence-electron chi connectivity index (χ2n) is 10.5. The molecule has 0 aromatic rings. The van der Waals surface area contributed by atoms with Gasteiger partial charge in [0.25, 0.3) is 0 Å². The molecule has 6 aliphatic rings. The summed E-state index contributed by atoms with van der Waals surface area (Å²) in [6.07, 6.45) is 14.9. The molecule has 5 atom stereocenters. The summed E-state index contributed by atoms with van der Waals surface area (Å²) in [5, 5.41) is 6.34. The van der Waals surface area contributed by atoms with E-state index in [1.807, 2.05) is 17.1 Å². The van der Waals surface area contributed by atoms with Gasteiger partial charge in [-0.2, -0.15) is 0 Å². The third-order valence-corrected chi connectivity index (χ3v) is 8.46. The first-order valence-corrected chi connectivity index (χ1v) is 12.4. The van der Waals surface area contributed by atoms with Gasteiger partial charge in [0.1, 0.15) is 11.6 Å². The van der Waals surface area contributed by atoms with Crippen LogP contribution >= 0.6 is 0 Å². The van der Waals surface area contributed by atoms with Gasteiger partial charge in [-0.1, -0.05) is 44.3 Å². The van der Waals surface area contributed by atoms with Gasteiger partial charge >= 0.3 is 0 Å². The molecule has 0 radical (unpaired) electrons. The van der Waals surface area contributed by atoms with Crippen molar-refractivity contribution in [2.45, 2.75) is 107 Å². The minimum atomic E-state index is -1.01. The number of fused-ring (bicyclic) bond motifs is 1. The maximum atomic E-state index is 13.8. The van der Waals surface area contributed by atoms with Crippen molar-refractivity contribution in [3.8, 4) is 0 Å². The molecule has 5 fully saturated rings. The van der Waals surface area contributed by atoms with Crippen LogP contribution in [-0.4, -0.2) is 58.5 Å². The summed E-state index contributed by atoms with van der Waals surface area (Å²) in [6, 6.07) is -0.194. The van der Waals surface area contributed by atoms with Crippen molar-refractivity contribution in [3.05, 3.63) is 12.2 Å². The number of ether oxygens (including phenoxy) is 1. The summed E-state index contributed by atoms with van der Waals surface area (Å²) in [7, 11) is 0. The van der Waals surface area contributed by atoms with Crippen molar-refractivity contribution in [1.82, 2.24) is 15.5 Å². The highest BCUT2D eigenvalue weighted by Gasteiger charge is 2.73. The highest BCUT2D eigenvalue weighted by molar-refractivity contribution is 6.00. The SMILES string of the molecule is O=C(NC1CC1)[C@@H]1[C@@H]2C=C[C@]3(O2)[C@H](C(=O)NC2CCCCC2)N(C2CCCC2)C(=O)[C@@H]13. The number of rotatable bonds is 5. The minimum absolute atomic E-state index is 0.0570. The van der Waals surface area contributed by atoms with Crippen molar-refractivity contribution in [2.24, 2.45) is 11.8 Å². The Morgan fingerprint density at radius 2 is 1.55 bits per heavy atom. The maximum absolute atomic E-state index is 13.8. The molecule has 6 rings (SSSR count). The van der Waals surface area contributed by atoms with Crippen molar-refractivity contribution in [1.29, 1.82) is 0 Å². The molecule has 31 heavy (non-hydrogen) atoms. The normalized spacial score (nSPS) is 39.9. The largest absolute Gasteiger partial charge is 0.359 e. The summed E-state index contributed by atoms with van der Waals surface area (Å²) in [5.41, 5.74) is -1.01. The molecule has 0 aromatic carbocycles. The number of carbonyl (C=O) groups excluding carboxylic acids is 3. The van der Waals surface area contributed by atoms with Crippen LogP contribution in [0.1, 0.15) is 70.6 Å². The Bertz CT molecular complexity index is 812. The molecule has 2 bridgehead atoms. The standard InChI is InChI=1S/C24H33N3O4/c28-21(25-15-10-11-15)18-17-12-13-24(31-17)19(18)23(30)27(16-8-4-5-9-16)20(24)22(29)26-14-6-2-1-3-7-14/h12-20H,1-11H2,(H,25,28)(H,26,29)/t17-,18+,19+,20-,24+/m0/s1. The molecule has 3 amide bonds. The molecule has 3 saturated carbocycles. The lowest BCUT2D eigenvalue weighted by molar-refractivity contribution is -0.144. The van der Waals surface area contributed by atoms with Crippen LogP contribution in [0, 0.1) is 11.8 Å². The Morgan fingerprint density at radius 1 is 0.903 bits per heavy atom. The highest BCUT2D eigenvalue weighted by atomic mass is 16.5. The Hall–Kier alpha value is -1.89. The minimum Gasteiger partial charge on any atom is -0.359 e. The Kier molecular flexibility index (Phi) is 4.67. The van der Waals surface area contributed by atoms with Crippen LogP contribution in [-0.2, 0) is 19.1 Å². The fraction of sp³-hybridized carbons (Fsp3) is 0.792. The predicted octanol–water partition coefficient (Wildman–Crippen LogP) is 1.81. The first kappa shape index (κ1) is 19.8. The molecule has 3 heterocycles. The number of carbonyl (C=O) groups is 3. The van der Waals surface area contributed by atoms with Gasteiger partial charge in [0.2, 0.25) is 17.7 Å². The van der Waals surface area contributed by atoms with E-state index >= 15 is 0 Å². The monoisotopic (exact) mass is 427 g/mol. The van der Waals surface area contributed by atoms with E-state index < -0.39 is 29.6 Å². The molecule has 3 aliphatic carbocycles. The summed E-state index contributed by atoms with van der Waals surface area (Å²) < 4.78 is 6.41. The van der Waals surface area contributed by atoms with Crippen LogP contribution < -0.4 is 10.6 Å². The average molecular weight is 428 g/mol. The third-order valence-electron chi connectivity index (χ3n) is 8.46. The maximum Gasteiger partial charge on any atom is 0.246 e. The van der Waals surface area contributed by atoms with E-state index in [9.17, 15) is 14.4 Å². The van der Waals surface area contributed by atoms with Crippen LogP contribution in [0.25, 0.3) is 0 Å². The van der Waals surface area contributed by atoms with Gasteiger partial charge in [-0.15, -0.1) is 0 Å². The summed E-state index contributed by atoms with van der Waals surface area (Å²) in [5.74, 6) is -1.36. The zero-order valence-corrected chi connectivity index (χ0v) is 18.1. The van der Waals surface area contributed by atoms with Crippen LogP contribution in [0.5, 0.6) is 0 Å². The molecule has 7 heteroatoms. The summed E-state index contributed by atoms with van der Waals surface area (Å²) in [6.45, 7) is 0. The quantitative estimate of drug-likeness (QED) is 0.655. The summed E-state index contributed by atoms with van der Waals surface area (Å²) in [4.78, 5) is 42.5. The first-order chi connectivity index (χ1) is 15.1. The van der Waals surface area contributed by atoms with E-state index in [2.05, 4.69) is 10.6 Å². The topological polar surface area (TPSA) is 87.7 Å². The molecule has 168 valence electrons. The number of hydrogen-bond acceptors (Lipinski definition) is 4. The molecule has 1 spiro atoms. The Labute approximate surface area is 183 Å². The van der Waals surface area contributed by atoms with E-state index in [0.717, 1.165) is 64.2 Å². The fourth-order valence-electron chi connectivity index (χ4n) is 6.83. The van der Waals surface area contributed by atoms with Gasteiger partial charge in [0.15, 0.2) is 0 Å². The van der Waals surface area contributed by atoms with E-state index in [1.54, 1.807) is 0 Å². The van der Waals surface area contributed by atoms with E-state index in [1.165, 1.54) is 6.42 Å². The smallest absolute Gasteiger partial charge is 0.246 e. The van der Waals surface area contributed by atoms with Gasteiger partial charge in [-0.25, -0.2) is 0 Å². The van der Waals surface area contributed by atoms with Crippen LogP contribution in [0.3, 0.4) is 0 Å². The van der Waals surface area contributed by atoms with Gasteiger partial charge in [-0.3, -0.25) is 14.4 Å². The Balaban J connectivity index is 1.33. The highest BCUT2D eigenvalue weighted by Crippen LogP contribution is 2.56. The van der Waals surface area contributed by atoms with Crippen LogP contribution in [0.2, 0.25) is 0 Å². The lowest BCUT2D eigenvalue weighted by atomic mass is 9.74. The van der Waals surface area contributed by atoms with E-state index in [0.29, 0.717) is 0 Å². The molecule has 3 aliphatic heterocycles. The van der Waals surface area contributed by atoms with Crippen molar-refractivity contribution >= 4 is 17.7 Å². The third kappa shape index (κ3) is 3.06.